The van der Waals surface area contributed by atoms with Gasteiger partial charge in [0.05, 0.1) is 6.20 Å². The van der Waals surface area contributed by atoms with Gasteiger partial charge in [0.15, 0.2) is 5.78 Å². The maximum Gasteiger partial charge on any atom is 0.182 e. The first-order chi connectivity index (χ1) is 10.3. The van der Waals surface area contributed by atoms with E-state index < -0.39 is 0 Å². The molecular formula is C17H31N3O. The van der Waals surface area contributed by atoms with Crippen LogP contribution in [0.2, 0.25) is 0 Å². The number of carbonyl (C=O) groups excluding carboxylic acids is 1. The van der Waals surface area contributed by atoms with Crippen LogP contribution in [0.25, 0.3) is 0 Å². The number of hydrogen-bond acceptors (Lipinski definition) is 3. The van der Waals surface area contributed by atoms with E-state index in [4.69, 9.17) is 0 Å². The Bertz CT molecular complexity index is 387. The molecule has 0 amide bonds. The van der Waals surface area contributed by atoms with Gasteiger partial charge < -0.3 is 0 Å². The molecule has 120 valence electrons. The lowest BCUT2D eigenvalue weighted by Crippen LogP contribution is -2.10. The number of ketones is 1. The summed E-state index contributed by atoms with van der Waals surface area (Å²) in [6, 6.07) is 0. The molecule has 1 aromatic rings. The minimum absolute atomic E-state index is 0.191. The van der Waals surface area contributed by atoms with E-state index in [0.717, 1.165) is 25.8 Å². The molecule has 0 aliphatic heterocycles. The zero-order valence-corrected chi connectivity index (χ0v) is 13.8. The van der Waals surface area contributed by atoms with Gasteiger partial charge in [0.25, 0.3) is 0 Å². The molecule has 21 heavy (non-hydrogen) atoms. The monoisotopic (exact) mass is 293 g/mol. The van der Waals surface area contributed by atoms with Crippen molar-refractivity contribution in [3.8, 4) is 0 Å². The normalized spacial score (nSPS) is 11.0. The van der Waals surface area contributed by atoms with Crippen molar-refractivity contribution in [1.82, 2.24) is 15.0 Å². The molecule has 4 nitrogen and oxygen atoms in total. The van der Waals surface area contributed by atoms with Crippen molar-refractivity contribution in [3.05, 3.63) is 11.9 Å². The van der Waals surface area contributed by atoms with Crippen LogP contribution < -0.4 is 0 Å². The fourth-order valence-corrected chi connectivity index (χ4v) is 2.57. The Kier molecular flexibility index (Phi) is 9.75. The largest absolute Gasteiger partial charge is 0.292 e. The summed E-state index contributed by atoms with van der Waals surface area (Å²) in [5.41, 5.74) is 0.677. The van der Waals surface area contributed by atoms with Gasteiger partial charge in [-0.3, -0.25) is 4.79 Å². The third-order valence-corrected chi connectivity index (χ3v) is 3.85. The van der Waals surface area contributed by atoms with Crippen LogP contribution in [0.15, 0.2) is 6.20 Å². The van der Waals surface area contributed by atoms with Crippen molar-refractivity contribution in [3.63, 3.8) is 0 Å². The van der Waals surface area contributed by atoms with Crippen molar-refractivity contribution in [2.45, 2.75) is 91.0 Å². The minimum Gasteiger partial charge on any atom is -0.292 e. The van der Waals surface area contributed by atoms with E-state index in [1.165, 1.54) is 44.9 Å². The van der Waals surface area contributed by atoms with Crippen molar-refractivity contribution >= 4 is 5.78 Å². The fourth-order valence-electron chi connectivity index (χ4n) is 2.57. The highest BCUT2D eigenvalue weighted by atomic mass is 16.1. The summed E-state index contributed by atoms with van der Waals surface area (Å²) in [5, 5.41) is 7.81. The summed E-state index contributed by atoms with van der Waals surface area (Å²) >= 11 is 0. The number of aromatic nitrogens is 3. The molecule has 1 rings (SSSR count). The number of rotatable bonds is 13. The van der Waals surface area contributed by atoms with Crippen LogP contribution in [0.5, 0.6) is 0 Å². The zero-order chi connectivity index (χ0) is 15.3. The first kappa shape index (κ1) is 17.9. The summed E-state index contributed by atoms with van der Waals surface area (Å²) in [7, 11) is 0. The molecule has 0 fully saturated rings. The van der Waals surface area contributed by atoms with E-state index in [9.17, 15) is 4.79 Å². The SMILES string of the molecule is CCCCCCCCCCCC(=O)c1cnnn1CCC. The lowest BCUT2D eigenvalue weighted by molar-refractivity contribution is 0.0968. The van der Waals surface area contributed by atoms with Crippen molar-refractivity contribution in [1.29, 1.82) is 0 Å². The highest BCUT2D eigenvalue weighted by Gasteiger charge is 2.11. The Morgan fingerprint density at radius 2 is 1.57 bits per heavy atom. The summed E-state index contributed by atoms with van der Waals surface area (Å²) in [4.78, 5) is 12.1. The highest BCUT2D eigenvalue weighted by molar-refractivity contribution is 5.94. The topological polar surface area (TPSA) is 47.8 Å². The number of unbranched alkanes of at least 4 members (excludes halogenated alkanes) is 8. The van der Waals surface area contributed by atoms with E-state index >= 15 is 0 Å². The van der Waals surface area contributed by atoms with Gasteiger partial charge in [0.2, 0.25) is 0 Å². The molecule has 0 atom stereocenters. The molecule has 0 unspecified atom stereocenters. The maximum atomic E-state index is 12.1. The molecule has 1 aromatic heterocycles. The molecule has 0 N–H and O–H groups in total. The second kappa shape index (κ2) is 11.5. The summed E-state index contributed by atoms with van der Waals surface area (Å²) in [5.74, 6) is 0.191. The van der Waals surface area contributed by atoms with Crippen LogP contribution in [0, 0.1) is 0 Å². The second-order valence-electron chi connectivity index (χ2n) is 5.84. The molecule has 0 aliphatic rings. The van der Waals surface area contributed by atoms with Crippen LogP contribution in [-0.4, -0.2) is 20.8 Å². The molecule has 4 heteroatoms. The molecule has 0 bridgehead atoms. The van der Waals surface area contributed by atoms with Crippen LogP contribution in [0.3, 0.4) is 0 Å². The van der Waals surface area contributed by atoms with Crippen LogP contribution in [-0.2, 0) is 6.54 Å². The average molecular weight is 293 g/mol. The number of Topliss-reactive ketones (excluding diaryl/α,β-unsaturated/α-hetero) is 1. The lowest BCUT2D eigenvalue weighted by atomic mass is 10.0. The lowest BCUT2D eigenvalue weighted by Gasteiger charge is -2.04. The summed E-state index contributed by atoms with van der Waals surface area (Å²) in [6.07, 6.45) is 14.7. The van der Waals surface area contributed by atoms with E-state index in [2.05, 4.69) is 24.2 Å². The predicted octanol–water partition coefficient (Wildman–Crippen LogP) is 4.79. The zero-order valence-electron chi connectivity index (χ0n) is 13.8. The van der Waals surface area contributed by atoms with E-state index in [1.807, 2.05) is 0 Å². The van der Waals surface area contributed by atoms with E-state index in [1.54, 1.807) is 10.9 Å². The molecule has 0 aromatic carbocycles. The average Bonchev–Trinajstić information content (AvgIpc) is 2.94. The Balaban J connectivity index is 2.07. The van der Waals surface area contributed by atoms with Crippen LogP contribution in [0.4, 0.5) is 0 Å². The second-order valence-corrected chi connectivity index (χ2v) is 5.84. The van der Waals surface area contributed by atoms with Gasteiger partial charge in [0, 0.05) is 13.0 Å². The number of hydrogen-bond donors (Lipinski definition) is 0. The van der Waals surface area contributed by atoms with Crippen molar-refractivity contribution < 1.29 is 4.79 Å². The van der Waals surface area contributed by atoms with E-state index in [-0.39, 0.29) is 5.78 Å². The van der Waals surface area contributed by atoms with Gasteiger partial charge in [-0.1, -0.05) is 70.4 Å². The van der Waals surface area contributed by atoms with Crippen molar-refractivity contribution in [2.24, 2.45) is 0 Å². The minimum atomic E-state index is 0.191. The Morgan fingerprint density at radius 3 is 2.19 bits per heavy atom. The van der Waals surface area contributed by atoms with Gasteiger partial charge in [-0.15, -0.1) is 5.10 Å². The highest BCUT2D eigenvalue weighted by Crippen LogP contribution is 2.12. The quantitative estimate of drug-likeness (QED) is 0.388. The fraction of sp³-hybridized carbons (Fsp3) is 0.824. The van der Waals surface area contributed by atoms with E-state index in [0.29, 0.717) is 12.1 Å². The molecule has 0 radical (unpaired) electrons. The molecular weight excluding hydrogens is 262 g/mol. The van der Waals surface area contributed by atoms with Gasteiger partial charge in [0.1, 0.15) is 5.69 Å². The van der Waals surface area contributed by atoms with Crippen LogP contribution in [0.1, 0.15) is 95.0 Å². The third kappa shape index (κ3) is 7.39. The van der Waals surface area contributed by atoms with Gasteiger partial charge >= 0.3 is 0 Å². The molecule has 0 spiro atoms. The Morgan fingerprint density at radius 1 is 0.952 bits per heavy atom. The number of aryl methyl sites for hydroxylation is 1. The van der Waals surface area contributed by atoms with Gasteiger partial charge in [-0.25, -0.2) is 4.68 Å². The predicted molar refractivity (Wildman–Crippen MR) is 86.5 cm³/mol. The summed E-state index contributed by atoms with van der Waals surface area (Å²) < 4.78 is 1.73. The molecule has 0 aliphatic carbocycles. The summed E-state index contributed by atoms with van der Waals surface area (Å²) in [6.45, 7) is 5.11. The third-order valence-electron chi connectivity index (χ3n) is 3.85. The number of nitrogens with zero attached hydrogens (tertiary/aromatic N) is 3. The number of carbonyl (C=O) groups is 1. The first-order valence-corrected chi connectivity index (χ1v) is 8.71. The smallest absolute Gasteiger partial charge is 0.182 e. The van der Waals surface area contributed by atoms with Gasteiger partial charge in [-0.05, 0) is 12.8 Å². The Labute approximate surface area is 129 Å². The van der Waals surface area contributed by atoms with Gasteiger partial charge in [-0.2, -0.15) is 0 Å². The molecule has 0 saturated heterocycles. The first-order valence-electron chi connectivity index (χ1n) is 8.71. The molecule has 1 heterocycles. The van der Waals surface area contributed by atoms with Crippen LogP contribution >= 0.6 is 0 Å². The maximum absolute atomic E-state index is 12.1. The molecule has 0 saturated carbocycles. The van der Waals surface area contributed by atoms with Crippen molar-refractivity contribution in [2.75, 3.05) is 0 Å². The standard InChI is InChI=1S/C17H31N3O/c1-3-5-6-7-8-9-10-11-12-13-17(21)16-15-18-19-20(16)14-4-2/h15H,3-14H2,1-2H3. The Hall–Kier alpha value is -1.19.